The van der Waals surface area contributed by atoms with Gasteiger partial charge in [0.15, 0.2) is 0 Å². The van der Waals surface area contributed by atoms with Crippen LogP contribution in [0.2, 0.25) is 0 Å². The summed E-state index contributed by atoms with van der Waals surface area (Å²) in [5.74, 6) is 0.535. The Morgan fingerprint density at radius 2 is 1.75 bits per heavy atom. The Morgan fingerprint density at radius 3 is 2.38 bits per heavy atom. The van der Waals surface area contributed by atoms with Crippen LogP contribution in [0.5, 0.6) is 5.75 Å². The van der Waals surface area contributed by atoms with Gasteiger partial charge < -0.3 is 4.74 Å². The van der Waals surface area contributed by atoms with Crippen molar-refractivity contribution in [3.05, 3.63) is 52.8 Å². The third-order valence-corrected chi connectivity index (χ3v) is 2.81. The fourth-order valence-electron chi connectivity index (χ4n) is 1.54. The molecular formula is C13H10BrFO. The molecule has 82 valence electrons. The lowest BCUT2D eigenvalue weighted by Crippen LogP contribution is -1.88. The van der Waals surface area contributed by atoms with Gasteiger partial charge in [0, 0.05) is 10.0 Å². The van der Waals surface area contributed by atoms with E-state index >= 15 is 0 Å². The molecule has 0 amide bonds. The summed E-state index contributed by atoms with van der Waals surface area (Å²) >= 11 is 3.41. The van der Waals surface area contributed by atoms with Gasteiger partial charge in [-0.15, -0.1) is 0 Å². The minimum absolute atomic E-state index is 0.238. The van der Waals surface area contributed by atoms with Crippen molar-refractivity contribution in [2.45, 2.75) is 0 Å². The Hall–Kier alpha value is -1.35. The summed E-state index contributed by atoms with van der Waals surface area (Å²) in [5, 5.41) is 0. The molecule has 2 rings (SSSR count). The Balaban J connectivity index is 2.53. The smallest absolute Gasteiger partial charge is 0.126 e. The molecule has 2 aromatic rings. The molecule has 0 aromatic heterocycles. The van der Waals surface area contributed by atoms with Gasteiger partial charge in [0.2, 0.25) is 0 Å². The first-order valence-corrected chi connectivity index (χ1v) is 5.59. The van der Waals surface area contributed by atoms with Gasteiger partial charge in [-0.2, -0.15) is 0 Å². The van der Waals surface area contributed by atoms with Crippen molar-refractivity contribution in [2.24, 2.45) is 0 Å². The van der Waals surface area contributed by atoms with Crippen LogP contribution >= 0.6 is 15.9 Å². The zero-order valence-electron chi connectivity index (χ0n) is 8.71. The maximum Gasteiger partial charge on any atom is 0.126 e. The van der Waals surface area contributed by atoms with Crippen LogP contribution in [0, 0.1) is 5.82 Å². The molecular weight excluding hydrogens is 271 g/mol. The quantitative estimate of drug-likeness (QED) is 0.799. The van der Waals surface area contributed by atoms with E-state index in [0.717, 1.165) is 21.3 Å². The van der Waals surface area contributed by atoms with Gasteiger partial charge in [-0.25, -0.2) is 4.39 Å². The lowest BCUT2D eigenvalue weighted by atomic mass is 10.0. The van der Waals surface area contributed by atoms with Gasteiger partial charge in [0.05, 0.1) is 7.11 Å². The lowest BCUT2D eigenvalue weighted by Gasteiger charge is -2.09. The highest BCUT2D eigenvalue weighted by Crippen LogP contribution is 2.32. The van der Waals surface area contributed by atoms with Gasteiger partial charge in [-0.3, -0.25) is 0 Å². The summed E-state index contributed by atoms with van der Waals surface area (Å²) in [7, 11) is 1.62. The van der Waals surface area contributed by atoms with Crippen molar-refractivity contribution in [1.82, 2.24) is 0 Å². The van der Waals surface area contributed by atoms with Crippen LogP contribution in [0.3, 0.4) is 0 Å². The monoisotopic (exact) mass is 280 g/mol. The summed E-state index contributed by atoms with van der Waals surface area (Å²) in [5.41, 5.74) is 1.87. The minimum Gasteiger partial charge on any atom is -0.496 e. The van der Waals surface area contributed by atoms with Gasteiger partial charge in [0.1, 0.15) is 11.6 Å². The topological polar surface area (TPSA) is 9.23 Å². The zero-order valence-corrected chi connectivity index (χ0v) is 10.3. The van der Waals surface area contributed by atoms with Crippen LogP contribution in [0.4, 0.5) is 4.39 Å². The van der Waals surface area contributed by atoms with Crippen molar-refractivity contribution in [2.75, 3.05) is 7.11 Å². The van der Waals surface area contributed by atoms with Crippen LogP contribution < -0.4 is 4.74 Å². The number of benzene rings is 2. The minimum atomic E-state index is -0.238. The Kier molecular flexibility index (Phi) is 3.25. The third-order valence-electron chi connectivity index (χ3n) is 2.32. The molecule has 0 fully saturated rings. The summed E-state index contributed by atoms with van der Waals surface area (Å²) in [6.45, 7) is 0. The molecule has 0 bridgehead atoms. The lowest BCUT2D eigenvalue weighted by molar-refractivity contribution is 0.416. The van der Waals surface area contributed by atoms with Crippen LogP contribution in [0.25, 0.3) is 11.1 Å². The molecule has 0 heterocycles. The van der Waals surface area contributed by atoms with Crippen molar-refractivity contribution in [3.8, 4) is 16.9 Å². The first kappa shape index (κ1) is 11.1. The summed E-state index contributed by atoms with van der Waals surface area (Å²) in [6.07, 6.45) is 0. The van der Waals surface area contributed by atoms with E-state index in [0.29, 0.717) is 0 Å². The molecule has 0 spiro atoms. The number of ether oxygens (including phenoxy) is 1. The van der Waals surface area contributed by atoms with E-state index in [1.807, 2.05) is 18.2 Å². The highest BCUT2D eigenvalue weighted by molar-refractivity contribution is 9.10. The second kappa shape index (κ2) is 4.66. The molecule has 0 atom stereocenters. The maximum absolute atomic E-state index is 12.8. The van der Waals surface area contributed by atoms with E-state index in [4.69, 9.17) is 4.74 Å². The predicted octanol–water partition coefficient (Wildman–Crippen LogP) is 4.26. The number of hydrogen-bond acceptors (Lipinski definition) is 1. The first-order chi connectivity index (χ1) is 7.70. The first-order valence-electron chi connectivity index (χ1n) is 4.80. The summed E-state index contributed by atoms with van der Waals surface area (Å²) in [4.78, 5) is 0. The van der Waals surface area contributed by atoms with E-state index < -0.39 is 0 Å². The summed E-state index contributed by atoms with van der Waals surface area (Å²) < 4.78 is 19.1. The average Bonchev–Trinajstić information content (AvgIpc) is 2.30. The maximum atomic E-state index is 12.8. The molecule has 0 aliphatic rings. The van der Waals surface area contributed by atoms with Crippen LogP contribution in [-0.4, -0.2) is 7.11 Å². The van der Waals surface area contributed by atoms with Gasteiger partial charge in [-0.1, -0.05) is 28.1 Å². The van der Waals surface area contributed by atoms with Gasteiger partial charge >= 0.3 is 0 Å². The predicted molar refractivity (Wildman–Crippen MR) is 66.1 cm³/mol. The van der Waals surface area contributed by atoms with Crippen molar-refractivity contribution >= 4 is 15.9 Å². The van der Waals surface area contributed by atoms with Crippen LogP contribution in [0.1, 0.15) is 0 Å². The van der Waals surface area contributed by atoms with E-state index in [1.54, 1.807) is 19.2 Å². The molecule has 0 unspecified atom stereocenters. The molecule has 3 heteroatoms. The SMILES string of the molecule is COc1ccc(Br)cc1-c1ccc(F)cc1. The highest BCUT2D eigenvalue weighted by Gasteiger charge is 2.06. The molecule has 16 heavy (non-hydrogen) atoms. The fourth-order valence-corrected chi connectivity index (χ4v) is 1.90. The molecule has 1 nitrogen and oxygen atoms in total. The van der Waals surface area contributed by atoms with Crippen LogP contribution in [-0.2, 0) is 0 Å². The second-order valence-electron chi connectivity index (χ2n) is 3.35. The normalized spacial score (nSPS) is 10.2. The molecule has 2 aromatic carbocycles. The van der Waals surface area contributed by atoms with E-state index in [2.05, 4.69) is 15.9 Å². The Morgan fingerprint density at radius 1 is 1.06 bits per heavy atom. The van der Waals surface area contributed by atoms with Crippen LogP contribution in [0.15, 0.2) is 46.9 Å². The number of rotatable bonds is 2. The number of hydrogen-bond donors (Lipinski definition) is 0. The third kappa shape index (κ3) is 2.25. The fraction of sp³-hybridized carbons (Fsp3) is 0.0769. The second-order valence-corrected chi connectivity index (χ2v) is 4.27. The zero-order chi connectivity index (χ0) is 11.5. The van der Waals surface area contributed by atoms with Gasteiger partial charge in [-0.05, 0) is 35.9 Å². The number of halogens is 2. The molecule has 0 saturated heterocycles. The molecule has 0 radical (unpaired) electrons. The average molecular weight is 281 g/mol. The van der Waals surface area contributed by atoms with E-state index in [1.165, 1.54) is 12.1 Å². The summed E-state index contributed by atoms with van der Waals surface area (Å²) in [6, 6.07) is 12.1. The van der Waals surface area contributed by atoms with Crippen molar-refractivity contribution in [1.29, 1.82) is 0 Å². The molecule has 0 aliphatic heterocycles. The Labute approximate surface area is 102 Å². The molecule has 0 aliphatic carbocycles. The van der Waals surface area contributed by atoms with Crippen molar-refractivity contribution in [3.63, 3.8) is 0 Å². The van der Waals surface area contributed by atoms with Crippen molar-refractivity contribution < 1.29 is 9.13 Å². The highest BCUT2D eigenvalue weighted by atomic mass is 79.9. The van der Waals surface area contributed by atoms with E-state index in [-0.39, 0.29) is 5.82 Å². The Bertz CT molecular complexity index is 494. The van der Waals surface area contributed by atoms with Gasteiger partial charge in [0.25, 0.3) is 0 Å². The molecule has 0 saturated carbocycles. The largest absolute Gasteiger partial charge is 0.496 e. The standard InChI is InChI=1S/C13H10BrFO/c1-16-13-7-4-10(14)8-12(13)9-2-5-11(15)6-3-9/h2-8H,1H3. The number of methoxy groups -OCH3 is 1. The molecule has 0 N–H and O–H groups in total. The van der Waals surface area contributed by atoms with E-state index in [9.17, 15) is 4.39 Å².